The number of aliphatic hydroxyl groups excluding tert-OH is 3. The minimum Gasteiger partial charge on any atom is -0.392 e. The number of benzene rings is 1. The van der Waals surface area contributed by atoms with Gasteiger partial charge in [-0.05, 0) is 54.1 Å². The number of hydrogen-bond donors (Lipinski definition) is 5. The number of hydrogen-bond acceptors (Lipinski definition) is 5. The highest BCUT2D eigenvalue weighted by atomic mass is 79.9. The first-order valence-corrected chi connectivity index (χ1v) is 9.45. The van der Waals surface area contributed by atoms with Crippen LogP contribution in [0.25, 0.3) is 11.1 Å². The molecule has 0 amide bonds. The first-order chi connectivity index (χ1) is 10.8. The van der Waals surface area contributed by atoms with E-state index in [1.807, 2.05) is 0 Å². The first kappa shape index (κ1) is 18.6. The zero-order valence-electron chi connectivity index (χ0n) is 11.7. The maximum atomic E-state index is 11.6. The summed E-state index contributed by atoms with van der Waals surface area (Å²) in [5, 5.41) is 33.5. The number of aromatic amines is 1. The first-order valence-electron chi connectivity index (χ1n) is 6.32. The standard InChI is InChI=1S/C13H14Br2N2O5S/c14-11-10(12(15)17-13(11)23(16,21)22)7-2-1-6(3-18)8(4-19)9(7)5-20/h1-2,17-20H,3-5H2,(H2,16,21,22). The molecule has 2 rings (SSSR count). The maximum absolute atomic E-state index is 11.6. The van der Waals surface area contributed by atoms with Crippen LogP contribution in [-0.4, -0.2) is 28.7 Å². The number of aromatic nitrogens is 1. The van der Waals surface area contributed by atoms with Crippen LogP contribution in [0.4, 0.5) is 0 Å². The quantitative estimate of drug-likeness (QED) is 0.450. The number of nitrogens with one attached hydrogen (secondary N) is 1. The van der Waals surface area contributed by atoms with Crippen molar-refractivity contribution in [2.24, 2.45) is 5.14 Å². The normalized spacial score (nSPS) is 11.9. The van der Waals surface area contributed by atoms with Gasteiger partial charge in [-0.2, -0.15) is 0 Å². The molecule has 1 aromatic heterocycles. The molecule has 1 heterocycles. The second kappa shape index (κ2) is 7.01. The summed E-state index contributed by atoms with van der Waals surface area (Å²) >= 11 is 6.45. The van der Waals surface area contributed by atoms with Gasteiger partial charge in [0.1, 0.15) is 0 Å². The molecule has 1 aromatic carbocycles. The Morgan fingerprint density at radius 3 is 2.09 bits per heavy atom. The molecule has 0 radical (unpaired) electrons. The molecule has 0 saturated heterocycles. The number of primary sulfonamides is 1. The lowest BCUT2D eigenvalue weighted by Gasteiger charge is -2.15. The second-order valence-electron chi connectivity index (χ2n) is 4.71. The number of sulfonamides is 1. The molecule has 6 N–H and O–H groups in total. The van der Waals surface area contributed by atoms with Gasteiger partial charge in [0.15, 0.2) is 5.03 Å². The number of rotatable bonds is 5. The van der Waals surface area contributed by atoms with E-state index in [2.05, 4.69) is 36.8 Å². The molecular formula is C13H14Br2N2O5S. The SMILES string of the molecule is NS(=O)(=O)c1[nH]c(Br)c(-c2ccc(CO)c(CO)c2CO)c1Br. The fourth-order valence-electron chi connectivity index (χ4n) is 2.36. The van der Waals surface area contributed by atoms with Gasteiger partial charge < -0.3 is 20.3 Å². The average molecular weight is 470 g/mol. The zero-order valence-corrected chi connectivity index (χ0v) is 15.7. The van der Waals surface area contributed by atoms with E-state index in [1.54, 1.807) is 12.1 Å². The van der Waals surface area contributed by atoms with Crippen LogP contribution in [0.5, 0.6) is 0 Å². The van der Waals surface area contributed by atoms with Crippen molar-refractivity contribution in [1.82, 2.24) is 4.98 Å². The maximum Gasteiger partial charge on any atom is 0.254 e. The van der Waals surface area contributed by atoms with Gasteiger partial charge in [-0.1, -0.05) is 12.1 Å². The van der Waals surface area contributed by atoms with Crippen molar-refractivity contribution in [3.63, 3.8) is 0 Å². The summed E-state index contributed by atoms with van der Waals surface area (Å²) in [5.74, 6) is 0. The van der Waals surface area contributed by atoms with Gasteiger partial charge in [0.05, 0.1) is 28.9 Å². The fourth-order valence-corrected chi connectivity index (χ4v) is 5.15. The third-order valence-corrected chi connectivity index (χ3v) is 5.96. The predicted molar refractivity (Wildman–Crippen MR) is 90.8 cm³/mol. The van der Waals surface area contributed by atoms with E-state index in [0.29, 0.717) is 32.4 Å². The van der Waals surface area contributed by atoms with Crippen molar-refractivity contribution in [1.29, 1.82) is 0 Å². The lowest BCUT2D eigenvalue weighted by atomic mass is 9.94. The lowest BCUT2D eigenvalue weighted by Crippen LogP contribution is -2.13. The second-order valence-corrected chi connectivity index (χ2v) is 7.79. The Labute approximate surface area is 149 Å². The van der Waals surface area contributed by atoms with Crippen molar-refractivity contribution in [3.05, 3.63) is 37.9 Å². The van der Waals surface area contributed by atoms with Crippen molar-refractivity contribution in [2.45, 2.75) is 24.8 Å². The molecule has 0 spiro atoms. The topological polar surface area (TPSA) is 137 Å². The predicted octanol–water partition coefficient (Wildman–Crippen LogP) is 1.33. The molecule has 0 aliphatic carbocycles. The smallest absolute Gasteiger partial charge is 0.254 e. The minimum atomic E-state index is -3.98. The van der Waals surface area contributed by atoms with Crippen molar-refractivity contribution >= 4 is 41.9 Å². The summed E-state index contributed by atoms with van der Waals surface area (Å²) in [5.41, 5.74) is 2.20. The molecule has 23 heavy (non-hydrogen) atoms. The van der Waals surface area contributed by atoms with Gasteiger partial charge in [-0.3, -0.25) is 0 Å². The Hall–Kier alpha value is -0.750. The molecule has 0 bridgehead atoms. The molecule has 0 unspecified atom stereocenters. The van der Waals surface area contributed by atoms with Crippen LogP contribution in [0.1, 0.15) is 16.7 Å². The number of aliphatic hydroxyl groups is 3. The van der Waals surface area contributed by atoms with E-state index in [9.17, 15) is 23.7 Å². The lowest BCUT2D eigenvalue weighted by molar-refractivity contribution is 0.248. The van der Waals surface area contributed by atoms with E-state index in [0.717, 1.165) is 0 Å². The average Bonchev–Trinajstić information content (AvgIpc) is 2.80. The van der Waals surface area contributed by atoms with Crippen LogP contribution in [0.3, 0.4) is 0 Å². The van der Waals surface area contributed by atoms with E-state index < -0.39 is 16.6 Å². The molecule has 0 saturated carbocycles. The Morgan fingerprint density at radius 2 is 1.65 bits per heavy atom. The fraction of sp³-hybridized carbons (Fsp3) is 0.231. The van der Waals surface area contributed by atoms with E-state index in [-0.39, 0.29) is 22.7 Å². The third-order valence-electron chi connectivity index (χ3n) is 3.43. The molecule has 7 nitrogen and oxygen atoms in total. The molecule has 0 fully saturated rings. The summed E-state index contributed by atoms with van der Waals surface area (Å²) in [7, 11) is -3.98. The Kier molecular flexibility index (Phi) is 5.67. The molecule has 2 aromatic rings. The van der Waals surface area contributed by atoms with E-state index >= 15 is 0 Å². The highest BCUT2D eigenvalue weighted by molar-refractivity contribution is 9.11. The minimum absolute atomic E-state index is 0.208. The Morgan fingerprint density at radius 1 is 1.04 bits per heavy atom. The number of nitrogens with two attached hydrogens (primary N) is 1. The van der Waals surface area contributed by atoms with Crippen molar-refractivity contribution < 1.29 is 23.7 Å². The largest absolute Gasteiger partial charge is 0.392 e. The Balaban J connectivity index is 2.81. The van der Waals surface area contributed by atoms with Gasteiger partial charge >= 0.3 is 0 Å². The van der Waals surface area contributed by atoms with Crippen LogP contribution in [0, 0.1) is 0 Å². The highest BCUT2D eigenvalue weighted by Crippen LogP contribution is 2.41. The van der Waals surface area contributed by atoms with Gasteiger partial charge in [0.25, 0.3) is 10.0 Å². The van der Waals surface area contributed by atoms with Gasteiger partial charge in [-0.15, -0.1) is 0 Å². The molecule has 126 valence electrons. The van der Waals surface area contributed by atoms with Crippen LogP contribution in [0.2, 0.25) is 0 Å². The van der Waals surface area contributed by atoms with E-state index in [4.69, 9.17) is 5.14 Å². The highest BCUT2D eigenvalue weighted by Gasteiger charge is 2.25. The molecule has 0 aliphatic rings. The van der Waals surface area contributed by atoms with Crippen LogP contribution in [0.15, 0.2) is 26.2 Å². The summed E-state index contributed by atoms with van der Waals surface area (Å²) < 4.78 is 23.8. The summed E-state index contributed by atoms with van der Waals surface area (Å²) in [4.78, 5) is 2.63. The van der Waals surface area contributed by atoms with Gasteiger partial charge in [0.2, 0.25) is 0 Å². The number of H-pyrrole nitrogens is 1. The van der Waals surface area contributed by atoms with Crippen LogP contribution < -0.4 is 5.14 Å². The van der Waals surface area contributed by atoms with Crippen LogP contribution >= 0.6 is 31.9 Å². The summed E-state index contributed by atoms with van der Waals surface area (Å²) in [6.07, 6.45) is 0. The molecular weight excluding hydrogens is 456 g/mol. The molecule has 0 atom stereocenters. The zero-order chi connectivity index (χ0) is 17.4. The van der Waals surface area contributed by atoms with Crippen molar-refractivity contribution in [3.8, 4) is 11.1 Å². The molecule has 0 aliphatic heterocycles. The third kappa shape index (κ3) is 3.38. The monoisotopic (exact) mass is 468 g/mol. The molecule has 10 heteroatoms. The summed E-state index contributed by atoms with van der Waals surface area (Å²) in [6.45, 7) is -1.06. The number of halogens is 2. The summed E-state index contributed by atoms with van der Waals surface area (Å²) in [6, 6.07) is 3.23. The van der Waals surface area contributed by atoms with Gasteiger partial charge in [0, 0.05) is 5.56 Å². The van der Waals surface area contributed by atoms with Crippen LogP contribution in [-0.2, 0) is 29.8 Å². The van der Waals surface area contributed by atoms with Gasteiger partial charge in [-0.25, -0.2) is 13.6 Å². The van der Waals surface area contributed by atoms with Crippen molar-refractivity contribution in [2.75, 3.05) is 0 Å². The Bertz CT molecular complexity index is 849. The van der Waals surface area contributed by atoms with E-state index in [1.165, 1.54) is 0 Å².